The summed E-state index contributed by atoms with van der Waals surface area (Å²) < 4.78 is 0. The lowest BCUT2D eigenvalue weighted by Crippen LogP contribution is -2.31. The number of fused-ring (bicyclic) bond motifs is 1. The summed E-state index contributed by atoms with van der Waals surface area (Å²) in [6, 6.07) is 7.02. The molecule has 0 radical (unpaired) electrons. The van der Waals surface area contributed by atoms with Crippen LogP contribution in [0.2, 0.25) is 0 Å². The van der Waals surface area contributed by atoms with Crippen LogP contribution in [0.4, 0.5) is 0 Å². The number of carbonyl (C=O) groups is 2. The van der Waals surface area contributed by atoms with E-state index in [2.05, 4.69) is 23.6 Å². The van der Waals surface area contributed by atoms with Gasteiger partial charge < -0.3 is 9.80 Å². The number of nitrogens with zero attached hydrogens (tertiary/aromatic N) is 2. The van der Waals surface area contributed by atoms with Gasteiger partial charge in [-0.1, -0.05) is 38.1 Å². The minimum atomic E-state index is -0.170. The minimum Gasteiger partial charge on any atom is -0.353 e. The molecule has 0 bridgehead atoms. The van der Waals surface area contributed by atoms with Crippen molar-refractivity contribution < 1.29 is 9.59 Å². The predicted molar refractivity (Wildman–Crippen MR) is 94.9 cm³/mol. The van der Waals surface area contributed by atoms with Gasteiger partial charge in [0.2, 0.25) is 0 Å². The molecule has 2 aliphatic rings. The molecule has 0 saturated carbocycles. The molecular weight excluding hydrogens is 300 g/mol. The number of likely N-dealkylation sites (N-methyl/N-ethyl adjacent to an activating group) is 1. The average molecular weight is 322 g/mol. The first-order valence-corrected chi connectivity index (χ1v) is 8.43. The van der Waals surface area contributed by atoms with Gasteiger partial charge in [-0.15, -0.1) is 0 Å². The molecule has 1 aliphatic heterocycles. The highest BCUT2D eigenvalue weighted by atomic mass is 16.2. The molecule has 1 aromatic carbocycles. The molecule has 0 atom stereocenters. The second-order valence-corrected chi connectivity index (χ2v) is 5.93. The van der Waals surface area contributed by atoms with Gasteiger partial charge in [0.1, 0.15) is 0 Å². The number of ketones is 2. The molecule has 1 heterocycles. The number of hydrogen-bond acceptors (Lipinski definition) is 4. The first-order valence-electron chi connectivity index (χ1n) is 8.43. The number of Topliss-reactive ketones (excluding diaryl/α,β-unsaturated/α-hetero) is 2. The van der Waals surface area contributed by atoms with E-state index in [-0.39, 0.29) is 17.1 Å². The fourth-order valence-corrected chi connectivity index (χ4v) is 3.08. The first-order chi connectivity index (χ1) is 11.7. The maximum atomic E-state index is 12.5. The number of allylic oxidation sites excluding steroid dienone is 4. The largest absolute Gasteiger partial charge is 0.353 e. The Morgan fingerprint density at radius 2 is 1.46 bits per heavy atom. The molecular formula is C20H22N2O2. The molecule has 0 spiro atoms. The van der Waals surface area contributed by atoms with Crippen molar-refractivity contribution in [2.45, 2.75) is 13.8 Å². The van der Waals surface area contributed by atoms with E-state index < -0.39 is 0 Å². The topological polar surface area (TPSA) is 40.6 Å². The van der Waals surface area contributed by atoms with Gasteiger partial charge in [-0.25, -0.2) is 0 Å². The summed E-state index contributed by atoms with van der Waals surface area (Å²) in [7, 11) is 0. The van der Waals surface area contributed by atoms with Crippen LogP contribution in [0.5, 0.6) is 0 Å². The van der Waals surface area contributed by atoms with E-state index in [1.165, 1.54) is 0 Å². The Balaban J connectivity index is 1.76. The van der Waals surface area contributed by atoms with Crippen LogP contribution in [0.3, 0.4) is 0 Å². The zero-order valence-corrected chi connectivity index (χ0v) is 14.2. The fraction of sp³-hybridized carbons (Fsp3) is 0.300. The summed E-state index contributed by atoms with van der Waals surface area (Å²) in [4.78, 5) is 29.5. The Morgan fingerprint density at radius 3 is 1.96 bits per heavy atom. The van der Waals surface area contributed by atoms with E-state index >= 15 is 0 Å². The van der Waals surface area contributed by atoms with E-state index in [4.69, 9.17) is 0 Å². The Labute approximate surface area is 142 Å². The molecule has 24 heavy (non-hydrogen) atoms. The normalized spacial score (nSPS) is 16.5. The SMILES string of the molecule is CCN(CC)CCN1C=CC(=C2C(=O)c3ccccc3C2=O)C=C1. The van der Waals surface area contributed by atoms with Crippen molar-refractivity contribution in [3.63, 3.8) is 0 Å². The van der Waals surface area contributed by atoms with Crippen LogP contribution in [0.25, 0.3) is 0 Å². The lowest BCUT2D eigenvalue weighted by Gasteiger charge is -2.24. The van der Waals surface area contributed by atoms with Crippen molar-refractivity contribution in [1.82, 2.24) is 9.80 Å². The maximum Gasteiger partial charge on any atom is 0.198 e. The van der Waals surface area contributed by atoms with Gasteiger partial charge in [-0.2, -0.15) is 0 Å². The summed E-state index contributed by atoms with van der Waals surface area (Å²) in [6.07, 6.45) is 7.60. The lowest BCUT2D eigenvalue weighted by molar-refractivity contribution is 0.0988. The molecule has 0 unspecified atom stereocenters. The average Bonchev–Trinajstić information content (AvgIpc) is 2.88. The van der Waals surface area contributed by atoms with Crippen molar-refractivity contribution in [3.05, 3.63) is 71.1 Å². The van der Waals surface area contributed by atoms with E-state index in [1.807, 2.05) is 24.6 Å². The zero-order chi connectivity index (χ0) is 17.1. The Bertz CT molecular complexity index is 702. The molecule has 0 saturated heterocycles. The van der Waals surface area contributed by atoms with Crippen LogP contribution in [-0.4, -0.2) is 47.5 Å². The van der Waals surface area contributed by atoms with Gasteiger partial charge in [-0.3, -0.25) is 9.59 Å². The summed E-state index contributed by atoms with van der Waals surface area (Å²) in [6.45, 7) is 8.25. The van der Waals surface area contributed by atoms with Gasteiger partial charge >= 0.3 is 0 Å². The minimum absolute atomic E-state index is 0.170. The van der Waals surface area contributed by atoms with Gasteiger partial charge in [0, 0.05) is 36.6 Å². The Hall–Kier alpha value is -2.46. The molecule has 4 heteroatoms. The second kappa shape index (κ2) is 6.97. The molecule has 3 rings (SSSR count). The molecule has 1 aliphatic carbocycles. The molecule has 0 amide bonds. The molecule has 4 nitrogen and oxygen atoms in total. The first kappa shape index (κ1) is 16.4. The second-order valence-electron chi connectivity index (χ2n) is 5.93. The van der Waals surface area contributed by atoms with Crippen LogP contribution < -0.4 is 0 Å². The van der Waals surface area contributed by atoms with E-state index in [1.54, 1.807) is 24.3 Å². The van der Waals surface area contributed by atoms with Crippen LogP contribution in [0.1, 0.15) is 34.6 Å². The highest BCUT2D eigenvalue weighted by molar-refractivity contribution is 6.40. The highest BCUT2D eigenvalue weighted by Crippen LogP contribution is 2.30. The fourth-order valence-electron chi connectivity index (χ4n) is 3.08. The van der Waals surface area contributed by atoms with E-state index in [0.717, 1.165) is 26.2 Å². The Kier molecular flexibility index (Phi) is 4.76. The van der Waals surface area contributed by atoms with Gasteiger partial charge in [0.25, 0.3) is 0 Å². The number of rotatable bonds is 5. The molecule has 0 aromatic heterocycles. The maximum absolute atomic E-state index is 12.5. The van der Waals surface area contributed by atoms with Crippen molar-refractivity contribution in [2.24, 2.45) is 0 Å². The quantitative estimate of drug-likeness (QED) is 0.617. The predicted octanol–water partition coefficient (Wildman–Crippen LogP) is 3.05. The lowest BCUT2D eigenvalue weighted by atomic mass is 10.0. The summed E-state index contributed by atoms with van der Waals surface area (Å²) >= 11 is 0. The third kappa shape index (κ3) is 2.97. The Morgan fingerprint density at radius 1 is 0.917 bits per heavy atom. The molecule has 0 N–H and O–H groups in total. The van der Waals surface area contributed by atoms with Gasteiger partial charge in [-0.05, 0) is 30.8 Å². The summed E-state index contributed by atoms with van der Waals surface area (Å²) in [5, 5.41) is 0. The van der Waals surface area contributed by atoms with E-state index in [9.17, 15) is 9.59 Å². The molecule has 1 aromatic rings. The third-order valence-corrected chi connectivity index (χ3v) is 4.62. The monoisotopic (exact) mass is 322 g/mol. The van der Waals surface area contributed by atoms with Crippen molar-refractivity contribution in [2.75, 3.05) is 26.2 Å². The zero-order valence-electron chi connectivity index (χ0n) is 14.2. The van der Waals surface area contributed by atoms with Crippen molar-refractivity contribution in [3.8, 4) is 0 Å². The van der Waals surface area contributed by atoms with Crippen molar-refractivity contribution >= 4 is 11.6 Å². The number of carbonyl (C=O) groups excluding carboxylic acids is 2. The smallest absolute Gasteiger partial charge is 0.198 e. The third-order valence-electron chi connectivity index (χ3n) is 4.62. The summed E-state index contributed by atoms with van der Waals surface area (Å²) in [5.74, 6) is -0.340. The van der Waals surface area contributed by atoms with Gasteiger partial charge in [0.05, 0.1) is 5.57 Å². The van der Waals surface area contributed by atoms with E-state index in [0.29, 0.717) is 16.7 Å². The summed E-state index contributed by atoms with van der Waals surface area (Å²) in [5.41, 5.74) is 2.00. The van der Waals surface area contributed by atoms with Crippen LogP contribution in [-0.2, 0) is 0 Å². The number of hydrogen-bond donors (Lipinski definition) is 0. The van der Waals surface area contributed by atoms with Crippen LogP contribution >= 0.6 is 0 Å². The number of benzene rings is 1. The molecule has 0 fully saturated rings. The van der Waals surface area contributed by atoms with Gasteiger partial charge in [0.15, 0.2) is 11.6 Å². The standard InChI is InChI=1S/C20H22N2O2/c1-3-21(4-2)13-14-22-11-9-15(10-12-22)18-19(23)16-7-5-6-8-17(16)20(18)24/h5-12H,3-4,13-14H2,1-2H3. The van der Waals surface area contributed by atoms with Crippen molar-refractivity contribution in [1.29, 1.82) is 0 Å². The van der Waals surface area contributed by atoms with Crippen LogP contribution in [0.15, 0.2) is 60.0 Å². The van der Waals surface area contributed by atoms with Crippen LogP contribution in [0, 0.1) is 0 Å². The molecule has 124 valence electrons. The highest BCUT2D eigenvalue weighted by Gasteiger charge is 2.34.